The van der Waals surface area contributed by atoms with Crippen molar-refractivity contribution in [2.45, 2.75) is 19.8 Å². The van der Waals surface area contributed by atoms with Crippen LogP contribution in [0.15, 0.2) is 53.0 Å². The summed E-state index contributed by atoms with van der Waals surface area (Å²) in [6.07, 6.45) is 1.76. The number of rotatable bonds is 5. The number of carbonyl (C=O) groups is 2. The summed E-state index contributed by atoms with van der Waals surface area (Å²) in [5, 5.41) is 5.93. The van der Waals surface area contributed by atoms with Crippen molar-refractivity contribution in [3.63, 3.8) is 0 Å². The van der Waals surface area contributed by atoms with E-state index in [-0.39, 0.29) is 17.7 Å². The molecule has 1 aliphatic rings. The van der Waals surface area contributed by atoms with Crippen molar-refractivity contribution in [1.29, 1.82) is 0 Å². The maximum atomic E-state index is 12.5. The van der Waals surface area contributed by atoms with Gasteiger partial charge in [0.05, 0.1) is 12.5 Å². The molecule has 142 valence electrons. The predicted molar refractivity (Wildman–Crippen MR) is 112 cm³/mol. The van der Waals surface area contributed by atoms with Gasteiger partial charge in [-0.15, -0.1) is 0 Å². The molecule has 27 heavy (non-hydrogen) atoms. The minimum atomic E-state index is -0.0961. The van der Waals surface area contributed by atoms with E-state index in [2.05, 4.69) is 31.5 Å². The van der Waals surface area contributed by atoms with E-state index in [0.29, 0.717) is 13.1 Å². The summed E-state index contributed by atoms with van der Waals surface area (Å²) in [6.45, 7) is 3.70. The molecule has 1 atom stereocenters. The Morgan fingerprint density at radius 2 is 1.93 bits per heavy atom. The van der Waals surface area contributed by atoms with Crippen molar-refractivity contribution in [2.75, 3.05) is 30.3 Å². The highest BCUT2D eigenvalue weighted by Crippen LogP contribution is 2.21. The van der Waals surface area contributed by atoms with Gasteiger partial charge in [0.25, 0.3) is 0 Å². The Hall–Kier alpha value is -2.18. The number of amides is 2. The van der Waals surface area contributed by atoms with E-state index in [4.69, 9.17) is 0 Å². The molecule has 1 unspecified atom stereocenters. The number of nitrogens with zero attached hydrogens (tertiary/aromatic N) is 1. The Morgan fingerprint density at radius 3 is 2.67 bits per heavy atom. The van der Waals surface area contributed by atoms with Gasteiger partial charge in [-0.1, -0.05) is 34.1 Å². The Balaban J connectivity index is 1.53. The van der Waals surface area contributed by atoms with Crippen molar-refractivity contribution in [2.24, 2.45) is 5.92 Å². The molecule has 0 bridgehead atoms. The third kappa shape index (κ3) is 5.65. The fourth-order valence-electron chi connectivity index (χ4n) is 3.34. The predicted octanol–water partition coefficient (Wildman–Crippen LogP) is 4.05. The minimum Gasteiger partial charge on any atom is -0.326 e. The number of para-hydroxylation sites is 1. The topological polar surface area (TPSA) is 61.4 Å². The van der Waals surface area contributed by atoms with Gasteiger partial charge in [0.15, 0.2) is 0 Å². The van der Waals surface area contributed by atoms with E-state index >= 15 is 0 Å². The van der Waals surface area contributed by atoms with Gasteiger partial charge < -0.3 is 10.6 Å². The quantitative estimate of drug-likeness (QED) is 0.753. The van der Waals surface area contributed by atoms with Crippen molar-refractivity contribution in [3.05, 3.63) is 58.6 Å². The highest BCUT2D eigenvalue weighted by molar-refractivity contribution is 9.10. The molecule has 2 aromatic carbocycles. The zero-order valence-electron chi connectivity index (χ0n) is 15.4. The van der Waals surface area contributed by atoms with E-state index in [1.54, 1.807) is 0 Å². The molecule has 2 amide bonds. The van der Waals surface area contributed by atoms with Crippen LogP contribution in [0, 0.1) is 12.8 Å². The SMILES string of the molecule is Cc1cc(Br)ccc1NC(=O)CN1CCCC(C(=O)Nc2ccccc2)C1. The van der Waals surface area contributed by atoms with Crippen LogP contribution < -0.4 is 10.6 Å². The molecule has 5 nitrogen and oxygen atoms in total. The number of aryl methyl sites for hydroxylation is 1. The van der Waals surface area contributed by atoms with Gasteiger partial charge in [-0.25, -0.2) is 0 Å². The molecular formula is C21H24BrN3O2. The zero-order valence-corrected chi connectivity index (χ0v) is 17.0. The molecule has 6 heteroatoms. The van der Waals surface area contributed by atoms with Crippen molar-refractivity contribution < 1.29 is 9.59 Å². The second-order valence-electron chi connectivity index (χ2n) is 6.94. The third-order valence-electron chi connectivity index (χ3n) is 4.75. The van der Waals surface area contributed by atoms with Crippen molar-refractivity contribution >= 4 is 39.1 Å². The number of likely N-dealkylation sites (tertiary alicyclic amines) is 1. The first kappa shape index (κ1) is 19.6. The van der Waals surface area contributed by atoms with Crippen LogP contribution in [0.2, 0.25) is 0 Å². The van der Waals surface area contributed by atoms with E-state index in [1.165, 1.54) is 0 Å². The zero-order chi connectivity index (χ0) is 19.2. The molecule has 0 saturated carbocycles. The Kier molecular flexibility index (Phi) is 6.63. The molecule has 1 aliphatic heterocycles. The van der Waals surface area contributed by atoms with Gasteiger partial charge in [0, 0.05) is 22.4 Å². The highest BCUT2D eigenvalue weighted by Gasteiger charge is 2.27. The number of piperidine rings is 1. The van der Waals surface area contributed by atoms with Crippen LogP contribution in [0.25, 0.3) is 0 Å². The molecule has 0 spiro atoms. The summed E-state index contributed by atoms with van der Waals surface area (Å²) >= 11 is 3.43. The lowest BCUT2D eigenvalue weighted by Gasteiger charge is -2.31. The standard InChI is InChI=1S/C21H24BrN3O2/c1-15-12-17(22)9-10-19(15)24-20(26)14-25-11-5-6-16(13-25)21(27)23-18-7-3-2-4-8-18/h2-4,7-10,12,16H,5-6,11,13-14H2,1H3,(H,23,27)(H,24,26). The molecular weight excluding hydrogens is 406 g/mol. The maximum absolute atomic E-state index is 12.5. The first-order chi connectivity index (χ1) is 13.0. The number of halogens is 1. The summed E-state index contributed by atoms with van der Waals surface area (Å²) in [7, 11) is 0. The van der Waals surface area contributed by atoms with Gasteiger partial charge in [-0.2, -0.15) is 0 Å². The van der Waals surface area contributed by atoms with Crippen LogP contribution in [0.5, 0.6) is 0 Å². The largest absolute Gasteiger partial charge is 0.326 e. The molecule has 2 N–H and O–H groups in total. The number of anilines is 2. The van der Waals surface area contributed by atoms with Gasteiger partial charge in [-0.3, -0.25) is 14.5 Å². The second kappa shape index (κ2) is 9.15. The molecule has 3 rings (SSSR count). The highest BCUT2D eigenvalue weighted by atomic mass is 79.9. The number of benzene rings is 2. The average Bonchev–Trinajstić information content (AvgIpc) is 2.65. The van der Waals surface area contributed by atoms with Crippen LogP contribution in [0.1, 0.15) is 18.4 Å². The Bertz CT molecular complexity index is 810. The fourth-order valence-corrected chi connectivity index (χ4v) is 3.81. The summed E-state index contributed by atoms with van der Waals surface area (Å²) in [5.74, 6) is -0.124. The summed E-state index contributed by atoms with van der Waals surface area (Å²) in [4.78, 5) is 27.0. The minimum absolute atomic E-state index is 0.0232. The number of nitrogens with one attached hydrogen (secondary N) is 2. The normalized spacial score (nSPS) is 17.3. The molecule has 0 radical (unpaired) electrons. The van der Waals surface area contributed by atoms with Crippen LogP contribution >= 0.6 is 15.9 Å². The molecule has 1 fully saturated rings. The lowest BCUT2D eigenvalue weighted by atomic mass is 9.97. The molecule has 1 heterocycles. The Labute approximate surface area is 168 Å². The van der Waals surface area contributed by atoms with Crippen molar-refractivity contribution in [1.82, 2.24) is 4.90 Å². The van der Waals surface area contributed by atoms with E-state index in [1.807, 2.05) is 55.5 Å². The molecule has 0 aromatic heterocycles. The third-order valence-corrected chi connectivity index (χ3v) is 5.24. The number of hydrogen-bond donors (Lipinski definition) is 2. The number of hydrogen-bond acceptors (Lipinski definition) is 3. The lowest BCUT2D eigenvalue weighted by molar-refractivity contribution is -0.123. The summed E-state index contributed by atoms with van der Waals surface area (Å²) in [6, 6.07) is 15.3. The van der Waals surface area contributed by atoms with Gasteiger partial charge in [0.1, 0.15) is 0 Å². The van der Waals surface area contributed by atoms with E-state index in [9.17, 15) is 9.59 Å². The first-order valence-corrected chi connectivity index (χ1v) is 9.95. The van der Waals surface area contributed by atoms with Gasteiger partial charge >= 0.3 is 0 Å². The summed E-state index contributed by atoms with van der Waals surface area (Å²) < 4.78 is 0.987. The average molecular weight is 430 g/mol. The maximum Gasteiger partial charge on any atom is 0.238 e. The van der Waals surface area contributed by atoms with Crippen molar-refractivity contribution in [3.8, 4) is 0 Å². The first-order valence-electron chi connectivity index (χ1n) is 9.15. The molecule has 2 aromatic rings. The second-order valence-corrected chi connectivity index (χ2v) is 7.85. The monoisotopic (exact) mass is 429 g/mol. The van der Waals surface area contributed by atoms with E-state index in [0.717, 1.165) is 40.8 Å². The summed E-state index contributed by atoms with van der Waals surface area (Å²) in [5.41, 5.74) is 2.64. The van der Waals surface area contributed by atoms with Gasteiger partial charge in [-0.05, 0) is 62.2 Å². The fraction of sp³-hybridized carbons (Fsp3) is 0.333. The van der Waals surface area contributed by atoms with Crippen LogP contribution in [-0.2, 0) is 9.59 Å². The number of carbonyl (C=O) groups excluding carboxylic acids is 2. The van der Waals surface area contributed by atoms with Crippen LogP contribution in [-0.4, -0.2) is 36.3 Å². The molecule has 1 saturated heterocycles. The van der Waals surface area contributed by atoms with Crippen LogP contribution in [0.3, 0.4) is 0 Å². The smallest absolute Gasteiger partial charge is 0.238 e. The van der Waals surface area contributed by atoms with Crippen LogP contribution in [0.4, 0.5) is 11.4 Å². The molecule has 0 aliphatic carbocycles. The van der Waals surface area contributed by atoms with Gasteiger partial charge in [0.2, 0.25) is 11.8 Å². The van der Waals surface area contributed by atoms with E-state index < -0.39 is 0 Å². The lowest BCUT2D eigenvalue weighted by Crippen LogP contribution is -2.44. The Morgan fingerprint density at radius 1 is 1.15 bits per heavy atom.